The molecule has 0 aliphatic rings. The van der Waals surface area contributed by atoms with Gasteiger partial charge in [-0.3, -0.25) is 9.59 Å². The molecule has 5 nitrogen and oxygen atoms in total. The minimum absolute atomic E-state index is 0.0280. The van der Waals surface area contributed by atoms with Crippen LogP contribution in [0.1, 0.15) is 39.9 Å². The van der Waals surface area contributed by atoms with Crippen LogP contribution in [0.5, 0.6) is 11.5 Å². The lowest BCUT2D eigenvalue weighted by Gasteiger charge is -2.08. The van der Waals surface area contributed by atoms with Gasteiger partial charge in [-0.2, -0.15) is 0 Å². The van der Waals surface area contributed by atoms with Gasteiger partial charge in [0.25, 0.3) is 0 Å². The molecule has 3 N–H and O–H groups in total. The maximum atomic E-state index is 12.3. The smallest absolute Gasteiger partial charge is 0.220 e. The molecule has 2 aromatic carbocycles. The van der Waals surface area contributed by atoms with Gasteiger partial charge in [-0.05, 0) is 49.6 Å². The van der Waals surface area contributed by atoms with E-state index in [1.807, 2.05) is 32.0 Å². The first-order valence-electron chi connectivity index (χ1n) is 8.25. The van der Waals surface area contributed by atoms with Crippen molar-refractivity contribution >= 4 is 11.7 Å². The van der Waals surface area contributed by atoms with Crippen molar-refractivity contribution < 1.29 is 19.8 Å². The fourth-order valence-electron chi connectivity index (χ4n) is 2.56. The first-order chi connectivity index (χ1) is 11.9. The Hall–Kier alpha value is -2.82. The van der Waals surface area contributed by atoms with Crippen LogP contribution >= 0.6 is 0 Å². The highest BCUT2D eigenvalue weighted by Gasteiger charge is 2.12. The summed E-state index contributed by atoms with van der Waals surface area (Å²) >= 11 is 0. The second-order valence-corrected chi connectivity index (χ2v) is 6.16. The van der Waals surface area contributed by atoms with E-state index in [-0.39, 0.29) is 36.0 Å². The maximum Gasteiger partial charge on any atom is 0.220 e. The number of Topliss-reactive ketones (excluding diaryl/α,β-unsaturated/α-hetero) is 1. The SMILES string of the molecule is Cc1ccc(C)c(C(=O)CCC(=O)NCCc2ccc(O)c(O)c2)c1. The molecule has 0 saturated heterocycles. The third-order valence-corrected chi connectivity index (χ3v) is 4.05. The average Bonchev–Trinajstić information content (AvgIpc) is 2.58. The number of benzene rings is 2. The van der Waals surface area contributed by atoms with Crippen molar-refractivity contribution in [1.82, 2.24) is 5.32 Å². The van der Waals surface area contributed by atoms with E-state index in [2.05, 4.69) is 5.32 Å². The Morgan fingerprint density at radius 2 is 1.72 bits per heavy atom. The van der Waals surface area contributed by atoms with E-state index >= 15 is 0 Å². The Balaban J connectivity index is 1.77. The van der Waals surface area contributed by atoms with Gasteiger partial charge >= 0.3 is 0 Å². The zero-order valence-corrected chi connectivity index (χ0v) is 14.5. The van der Waals surface area contributed by atoms with Gasteiger partial charge in [-0.25, -0.2) is 0 Å². The Labute approximate surface area is 147 Å². The molecule has 2 aromatic rings. The summed E-state index contributed by atoms with van der Waals surface area (Å²) in [5.74, 6) is -0.554. The number of carbonyl (C=O) groups excluding carboxylic acids is 2. The molecule has 0 saturated carbocycles. The van der Waals surface area contributed by atoms with E-state index < -0.39 is 0 Å². The Morgan fingerprint density at radius 1 is 0.960 bits per heavy atom. The summed E-state index contributed by atoms with van der Waals surface area (Å²) < 4.78 is 0. The van der Waals surface area contributed by atoms with Crippen LogP contribution in [0.15, 0.2) is 36.4 Å². The third kappa shape index (κ3) is 5.35. The summed E-state index contributed by atoms with van der Waals surface area (Å²) in [6.45, 7) is 4.23. The maximum absolute atomic E-state index is 12.3. The largest absolute Gasteiger partial charge is 0.504 e. The average molecular weight is 341 g/mol. The molecule has 0 heterocycles. The van der Waals surface area contributed by atoms with Crippen LogP contribution in [0.3, 0.4) is 0 Å². The second-order valence-electron chi connectivity index (χ2n) is 6.16. The van der Waals surface area contributed by atoms with Gasteiger partial charge in [-0.1, -0.05) is 23.8 Å². The van der Waals surface area contributed by atoms with E-state index in [0.717, 1.165) is 16.7 Å². The first kappa shape index (κ1) is 18.5. The van der Waals surface area contributed by atoms with Crippen LogP contribution in [-0.2, 0) is 11.2 Å². The third-order valence-electron chi connectivity index (χ3n) is 4.05. The van der Waals surface area contributed by atoms with Gasteiger partial charge in [0.05, 0.1) is 0 Å². The number of aromatic hydroxyl groups is 2. The number of nitrogens with one attached hydrogen (secondary N) is 1. The summed E-state index contributed by atoms with van der Waals surface area (Å²) in [6, 6.07) is 10.3. The normalized spacial score (nSPS) is 10.5. The van der Waals surface area contributed by atoms with E-state index in [0.29, 0.717) is 18.5 Å². The molecule has 0 aliphatic carbocycles. The standard InChI is InChI=1S/C20H23NO4/c1-13-3-4-14(2)16(11-13)17(22)7-8-20(25)21-10-9-15-5-6-18(23)19(24)12-15/h3-6,11-12,23-24H,7-10H2,1-2H3,(H,21,25). The predicted molar refractivity (Wildman–Crippen MR) is 96.0 cm³/mol. The highest BCUT2D eigenvalue weighted by molar-refractivity contribution is 5.99. The second kappa shape index (κ2) is 8.33. The number of phenolic OH excluding ortho intramolecular Hbond substituents is 2. The molecule has 25 heavy (non-hydrogen) atoms. The lowest BCUT2D eigenvalue weighted by atomic mass is 9.99. The van der Waals surface area contributed by atoms with E-state index in [4.69, 9.17) is 0 Å². The summed E-state index contributed by atoms with van der Waals surface area (Å²) in [5, 5.41) is 21.5. The molecule has 0 bridgehead atoms. The fraction of sp³-hybridized carbons (Fsp3) is 0.300. The molecule has 1 amide bonds. The lowest BCUT2D eigenvalue weighted by molar-refractivity contribution is -0.121. The van der Waals surface area contributed by atoms with Crippen LogP contribution in [0.25, 0.3) is 0 Å². The van der Waals surface area contributed by atoms with Crippen LogP contribution < -0.4 is 5.32 Å². The van der Waals surface area contributed by atoms with Gasteiger partial charge in [0.15, 0.2) is 17.3 Å². The van der Waals surface area contributed by atoms with Crippen molar-refractivity contribution in [2.75, 3.05) is 6.54 Å². The minimum atomic E-state index is -0.179. The zero-order chi connectivity index (χ0) is 18.4. The highest BCUT2D eigenvalue weighted by atomic mass is 16.3. The molecule has 0 atom stereocenters. The van der Waals surface area contributed by atoms with Crippen LogP contribution in [0, 0.1) is 13.8 Å². The summed E-state index contributed by atoms with van der Waals surface area (Å²) in [5.41, 5.74) is 3.42. The van der Waals surface area contributed by atoms with Gasteiger partial charge in [0.2, 0.25) is 5.91 Å². The zero-order valence-electron chi connectivity index (χ0n) is 14.5. The predicted octanol–water partition coefficient (Wildman–Crippen LogP) is 3.04. The topological polar surface area (TPSA) is 86.6 Å². The minimum Gasteiger partial charge on any atom is -0.504 e. The van der Waals surface area contributed by atoms with Crippen LogP contribution in [0.2, 0.25) is 0 Å². The van der Waals surface area contributed by atoms with Crippen molar-refractivity contribution in [3.63, 3.8) is 0 Å². The molecule has 0 fully saturated rings. The summed E-state index contributed by atoms with van der Waals surface area (Å²) in [7, 11) is 0. The Kier molecular flexibility index (Phi) is 6.17. The molecule has 132 valence electrons. The lowest BCUT2D eigenvalue weighted by Crippen LogP contribution is -2.26. The van der Waals surface area contributed by atoms with Crippen LogP contribution in [0.4, 0.5) is 0 Å². The quantitative estimate of drug-likeness (QED) is 0.534. The number of amides is 1. The number of hydrogen-bond donors (Lipinski definition) is 3. The molecule has 0 aliphatic heterocycles. The van der Waals surface area contributed by atoms with Crippen molar-refractivity contribution in [1.29, 1.82) is 0 Å². The van der Waals surface area contributed by atoms with E-state index in [9.17, 15) is 19.8 Å². The number of carbonyl (C=O) groups is 2. The Morgan fingerprint density at radius 3 is 2.44 bits per heavy atom. The number of rotatable bonds is 7. The monoisotopic (exact) mass is 341 g/mol. The molecular formula is C20H23NO4. The highest BCUT2D eigenvalue weighted by Crippen LogP contribution is 2.24. The van der Waals surface area contributed by atoms with Crippen molar-refractivity contribution in [3.05, 3.63) is 58.7 Å². The van der Waals surface area contributed by atoms with Crippen LogP contribution in [-0.4, -0.2) is 28.4 Å². The van der Waals surface area contributed by atoms with Gasteiger partial charge in [-0.15, -0.1) is 0 Å². The number of ketones is 1. The van der Waals surface area contributed by atoms with Gasteiger partial charge in [0, 0.05) is 24.9 Å². The van der Waals surface area contributed by atoms with Crippen molar-refractivity contribution in [2.45, 2.75) is 33.1 Å². The molecule has 0 radical (unpaired) electrons. The number of hydrogen-bond acceptors (Lipinski definition) is 4. The van der Waals surface area contributed by atoms with E-state index in [1.54, 1.807) is 6.07 Å². The number of aryl methyl sites for hydroxylation is 2. The summed E-state index contributed by atoms with van der Waals surface area (Å²) in [6.07, 6.45) is 0.855. The fourth-order valence-corrected chi connectivity index (χ4v) is 2.56. The molecule has 2 rings (SSSR count). The van der Waals surface area contributed by atoms with Crippen molar-refractivity contribution in [2.24, 2.45) is 0 Å². The van der Waals surface area contributed by atoms with Crippen molar-refractivity contribution in [3.8, 4) is 11.5 Å². The number of phenols is 2. The van der Waals surface area contributed by atoms with Gasteiger partial charge < -0.3 is 15.5 Å². The van der Waals surface area contributed by atoms with Gasteiger partial charge in [0.1, 0.15) is 0 Å². The Bertz CT molecular complexity index is 783. The summed E-state index contributed by atoms with van der Waals surface area (Å²) in [4.78, 5) is 24.1. The molecule has 0 aromatic heterocycles. The molecule has 0 unspecified atom stereocenters. The van der Waals surface area contributed by atoms with E-state index in [1.165, 1.54) is 12.1 Å². The first-order valence-corrected chi connectivity index (χ1v) is 8.25. The molecule has 0 spiro atoms. The molecular weight excluding hydrogens is 318 g/mol. The molecule has 5 heteroatoms.